The van der Waals surface area contributed by atoms with E-state index in [4.69, 9.17) is 5.73 Å². The smallest absolute Gasteiger partial charge is 0.252 e. The minimum absolute atomic E-state index is 0.381. The summed E-state index contributed by atoms with van der Waals surface area (Å²) in [6.45, 7) is 5.04. The summed E-state index contributed by atoms with van der Waals surface area (Å²) in [4.78, 5) is 0.890. The Bertz CT molecular complexity index is 408. The van der Waals surface area contributed by atoms with Gasteiger partial charge in [0.25, 0.3) is 10.0 Å². The average Bonchev–Trinajstić information content (AvgIpc) is 2.67. The van der Waals surface area contributed by atoms with Crippen LogP contribution in [0.5, 0.6) is 0 Å². The normalized spacial score (nSPS) is 12.3. The first-order valence-electron chi connectivity index (χ1n) is 4.85. The summed E-state index contributed by atoms with van der Waals surface area (Å²) in [5.74, 6) is 0. The van der Waals surface area contributed by atoms with Gasteiger partial charge in [-0.3, -0.25) is 0 Å². The molecule has 6 heteroatoms. The molecule has 0 saturated carbocycles. The minimum Gasteiger partial charge on any atom is -0.326 e. The predicted molar refractivity (Wildman–Crippen MR) is 62.3 cm³/mol. The molecule has 0 amide bonds. The first-order valence-corrected chi connectivity index (χ1v) is 7.10. The second kappa shape index (κ2) is 5.07. The highest BCUT2D eigenvalue weighted by molar-refractivity contribution is 7.91. The molecule has 4 nitrogen and oxygen atoms in total. The number of rotatable bonds is 5. The van der Waals surface area contributed by atoms with Crippen LogP contribution in [0.1, 0.15) is 18.7 Å². The monoisotopic (exact) mass is 248 g/mol. The van der Waals surface area contributed by atoms with Gasteiger partial charge in [-0.2, -0.15) is 4.31 Å². The van der Waals surface area contributed by atoms with Crippen LogP contribution in [-0.4, -0.2) is 25.8 Å². The van der Waals surface area contributed by atoms with Crippen molar-refractivity contribution < 1.29 is 8.42 Å². The maximum absolute atomic E-state index is 12.0. The van der Waals surface area contributed by atoms with Crippen molar-refractivity contribution in [2.75, 3.05) is 13.1 Å². The van der Waals surface area contributed by atoms with E-state index >= 15 is 0 Å². The molecule has 0 aromatic carbocycles. The molecule has 0 bridgehead atoms. The van der Waals surface area contributed by atoms with E-state index in [1.165, 1.54) is 15.6 Å². The van der Waals surface area contributed by atoms with Crippen molar-refractivity contribution in [1.82, 2.24) is 4.31 Å². The van der Waals surface area contributed by atoms with E-state index < -0.39 is 10.0 Å². The number of thiophene rings is 1. The third-order valence-corrected chi connectivity index (χ3v) is 5.76. The number of sulfonamides is 1. The summed E-state index contributed by atoms with van der Waals surface area (Å²) in [7, 11) is -3.29. The van der Waals surface area contributed by atoms with Gasteiger partial charge in [-0.05, 0) is 12.1 Å². The van der Waals surface area contributed by atoms with Crippen molar-refractivity contribution in [1.29, 1.82) is 0 Å². The van der Waals surface area contributed by atoms with E-state index in [9.17, 15) is 8.42 Å². The molecule has 86 valence electrons. The lowest BCUT2D eigenvalue weighted by Gasteiger charge is -2.16. The van der Waals surface area contributed by atoms with Crippen LogP contribution in [0.15, 0.2) is 16.3 Å². The molecule has 2 N–H and O–H groups in total. The molecule has 0 unspecified atom stereocenters. The SMILES string of the molecule is CCN(CC)S(=O)(=O)c1ccc(CN)s1. The molecular formula is C9H16N2O2S2. The topological polar surface area (TPSA) is 63.4 Å². The van der Waals surface area contributed by atoms with Gasteiger partial charge in [-0.15, -0.1) is 11.3 Å². The van der Waals surface area contributed by atoms with E-state index in [1.54, 1.807) is 12.1 Å². The number of hydrogen-bond donors (Lipinski definition) is 1. The van der Waals surface area contributed by atoms with Crippen molar-refractivity contribution in [2.45, 2.75) is 24.6 Å². The highest BCUT2D eigenvalue weighted by Gasteiger charge is 2.22. The lowest BCUT2D eigenvalue weighted by Crippen LogP contribution is -2.29. The van der Waals surface area contributed by atoms with Gasteiger partial charge in [-0.1, -0.05) is 13.8 Å². The van der Waals surface area contributed by atoms with Crippen molar-refractivity contribution >= 4 is 21.4 Å². The molecule has 0 aliphatic carbocycles. The van der Waals surface area contributed by atoms with Gasteiger partial charge in [0.2, 0.25) is 0 Å². The summed E-state index contributed by atoms with van der Waals surface area (Å²) in [5, 5.41) is 0. The van der Waals surface area contributed by atoms with Crippen LogP contribution < -0.4 is 5.73 Å². The summed E-state index contributed by atoms with van der Waals surface area (Å²) in [5.41, 5.74) is 5.45. The fourth-order valence-electron chi connectivity index (χ4n) is 1.30. The molecule has 1 aromatic rings. The van der Waals surface area contributed by atoms with Gasteiger partial charge in [0.05, 0.1) is 0 Å². The van der Waals surface area contributed by atoms with Crippen LogP contribution in [0.2, 0.25) is 0 Å². The lowest BCUT2D eigenvalue weighted by atomic mass is 10.5. The zero-order chi connectivity index (χ0) is 11.5. The molecule has 1 aromatic heterocycles. The predicted octanol–water partition coefficient (Wildman–Crippen LogP) is 1.24. The summed E-state index contributed by atoms with van der Waals surface area (Å²) in [6.07, 6.45) is 0. The largest absolute Gasteiger partial charge is 0.326 e. The van der Waals surface area contributed by atoms with Crippen LogP contribution in [0.3, 0.4) is 0 Å². The Labute approximate surface area is 94.8 Å². The van der Waals surface area contributed by atoms with Crippen LogP contribution in [0, 0.1) is 0 Å². The molecule has 1 rings (SSSR count). The van der Waals surface area contributed by atoms with E-state index in [0.29, 0.717) is 23.8 Å². The quantitative estimate of drug-likeness (QED) is 0.852. The first kappa shape index (κ1) is 12.6. The molecule has 1 heterocycles. The molecule has 15 heavy (non-hydrogen) atoms. The van der Waals surface area contributed by atoms with Gasteiger partial charge in [0.1, 0.15) is 4.21 Å². The third kappa shape index (κ3) is 2.57. The van der Waals surface area contributed by atoms with E-state index in [-0.39, 0.29) is 0 Å². The highest BCUT2D eigenvalue weighted by Crippen LogP contribution is 2.24. The highest BCUT2D eigenvalue weighted by atomic mass is 32.2. The molecule has 0 spiro atoms. The molecule has 0 aliphatic heterocycles. The Morgan fingerprint density at radius 2 is 1.93 bits per heavy atom. The van der Waals surface area contributed by atoms with Crippen molar-refractivity contribution in [3.8, 4) is 0 Å². The maximum Gasteiger partial charge on any atom is 0.252 e. The zero-order valence-corrected chi connectivity index (χ0v) is 10.6. The van der Waals surface area contributed by atoms with Crippen LogP contribution in [-0.2, 0) is 16.6 Å². The fourth-order valence-corrected chi connectivity index (χ4v) is 4.14. The minimum atomic E-state index is -3.29. The summed E-state index contributed by atoms with van der Waals surface area (Å²) in [6, 6.07) is 3.39. The average molecular weight is 248 g/mol. The Kier molecular flexibility index (Phi) is 4.27. The van der Waals surface area contributed by atoms with Gasteiger partial charge in [0, 0.05) is 24.5 Å². The molecular weight excluding hydrogens is 232 g/mol. The number of nitrogens with two attached hydrogens (primary N) is 1. The Balaban J connectivity index is 3.04. The molecule has 0 radical (unpaired) electrons. The van der Waals surface area contributed by atoms with Crippen molar-refractivity contribution in [3.63, 3.8) is 0 Å². The Hall–Kier alpha value is -0.430. The van der Waals surface area contributed by atoms with Gasteiger partial charge >= 0.3 is 0 Å². The van der Waals surface area contributed by atoms with Gasteiger partial charge in [0.15, 0.2) is 0 Å². The van der Waals surface area contributed by atoms with Gasteiger partial charge < -0.3 is 5.73 Å². The van der Waals surface area contributed by atoms with Crippen LogP contribution >= 0.6 is 11.3 Å². The standard InChI is InChI=1S/C9H16N2O2S2/c1-3-11(4-2)15(12,13)9-6-5-8(7-10)14-9/h5-6H,3-4,7,10H2,1-2H3. The van der Waals surface area contributed by atoms with Gasteiger partial charge in [-0.25, -0.2) is 8.42 Å². The molecule has 0 fully saturated rings. The first-order chi connectivity index (χ1) is 7.06. The molecule has 0 aliphatic rings. The lowest BCUT2D eigenvalue weighted by molar-refractivity contribution is 0.447. The van der Waals surface area contributed by atoms with E-state index in [1.807, 2.05) is 13.8 Å². The van der Waals surface area contributed by atoms with Crippen LogP contribution in [0.25, 0.3) is 0 Å². The number of hydrogen-bond acceptors (Lipinski definition) is 4. The van der Waals surface area contributed by atoms with Crippen molar-refractivity contribution in [2.24, 2.45) is 5.73 Å². The molecule has 0 atom stereocenters. The third-order valence-electron chi connectivity index (χ3n) is 2.14. The van der Waals surface area contributed by atoms with E-state index in [2.05, 4.69) is 0 Å². The van der Waals surface area contributed by atoms with Crippen molar-refractivity contribution in [3.05, 3.63) is 17.0 Å². The van der Waals surface area contributed by atoms with E-state index in [0.717, 1.165) is 4.88 Å². The summed E-state index contributed by atoms with van der Waals surface area (Å²) < 4.78 is 25.9. The molecule has 0 saturated heterocycles. The zero-order valence-electron chi connectivity index (χ0n) is 8.93. The Morgan fingerprint density at radius 3 is 2.33 bits per heavy atom. The Morgan fingerprint density at radius 1 is 1.33 bits per heavy atom. The van der Waals surface area contributed by atoms with Crippen LogP contribution in [0.4, 0.5) is 0 Å². The fraction of sp³-hybridized carbons (Fsp3) is 0.556. The second-order valence-electron chi connectivity index (χ2n) is 3.01. The maximum atomic E-state index is 12.0. The number of nitrogens with zero attached hydrogens (tertiary/aromatic N) is 1. The second-order valence-corrected chi connectivity index (χ2v) is 6.35. The summed E-state index contributed by atoms with van der Waals surface area (Å²) >= 11 is 1.24.